The van der Waals surface area contributed by atoms with Gasteiger partial charge in [-0.25, -0.2) is 17.6 Å². The van der Waals surface area contributed by atoms with Crippen LogP contribution in [0.2, 0.25) is 0 Å². The molecule has 2 fully saturated rings. The summed E-state index contributed by atoms with van der Waals surface area (Å²) in [6.45, 7) is 2.73. The third kappa shape index (κ3) is 3.98. The van der Waals surface area contributed by atoms with Gasteiger partial charge < -0.3 is 15.1 Å². The first-order chi connectivity index (χ1) is 12.3. The lowest BCUT2D eigenvalue weighted by Gasteiger charge is -2.31. The first-order valence-corrected chi connectivity index (χ1v) is 10.3. The van der Waals surface area contributed by atoms with Gasteiger partial charge in [0.05, 0.1) is 11.0 Å². The number of rotatable bonds is 3. The molecule has 0 bridgehead atoms. The van der Waals surface area contributed by atoms with Gasteiger partial charge in [-0.2, -0.15) is 0 Å². The minimum atomic E-state index is -3.14. The smallest absolute Gasteiger partial charge is 0.318 e. The van der Waals surface area contributed by atoms with Gasteiger partial charge in [-0.15, -0.1) is 0 Å². The van der Waals surface area contributed by atoms with Gasteiger partial charge in [-0.05, 0) is 31.0 Å². The molecule has 2 atom stereocenters. The van der Waals surface area contributed by atoms with Gasteiger partial charge in [0.2, 0.25) is 5.91 Å². The van der Waals surface area contributed by atoms with Crippen molar-refractivity contribution in [2.24, 2.45) is 0 Å². The van der Waals surface area contributed by atoms with Gasteiger partial charge >= 0.3 is 6.03 Å². The van der Waals surface area contributed by atoms with Crippen molar-refractivity contribution in [1.29, 1.82) is 0 Å². The zero-order valence-corrected chi connectivity index (χ0v) is 15.3. The number of nitrogens with zero attached hydrogens (tertiary/aromatic N) is 2. The Morgan fingerprint density at radius 1 is 1.27 bits per heavy atom. The molecular weight excluding hydrogens is 361 g/mol. The summed E-state index contributed by atoms with van der Waals surface area (Å²) in [6, 6.07) is 4.93. The maximum atomic E-state index is 13.0. The molecule has 3 rings (SSSR count). The molecule has 2 saturated heterocycles. The normalized spacial score (nSPS) is 25.4. The van der Waals surface area contributed by atoms with E-state index in [1.807, 2.05) is 0 Å². The number of carbonyl (C=O) groups excluding carboxylic acids is 2. The standard InChI is InChI=1S/C17H22FN3O4S/c1-12-10-21(8-9-26(12,24)25)17(23)19-15-6-7-20(16(15)22)11-13-2-4-14(18)5-3-13/h2-5,12,15H,6-11H2,1H3,(H,19,23)/t12-,15?/m0/s1. The molecule has 142 valence electrons. The molecule has 0 spiro atoms. The first-order valence-electron chi connectivity index (χ1n) is 8.56. The van der Waals surface area contributed by atoms with E-state index in [0.29, 0.717) is 19.5 Å². The van der Waals surface area contributed by atoms with Crippen LogP contribution >= 0.6 is 0 Å². The molecule has 2 heterocycles. The average Bonchev–Trinajstić information content (AvgIpc) is 2.92. The molecule has 26 heavy (non-hydrogen) atoms. The quantitative estimate of drug-likeness (QED) is 0.835. The number of likely N-dealkylation sites (tertiary alicyclic amines) is 1. The number of carbonyl (C=O) groups is 2. The van der Waals surface area contributed by atoms with Gasteiger partial charge in [-0.1, -0.05) is 12.1 Å². The van der Waals surface area contributed by atoms with Crippen molar-refractivity contribution in [2.75, 3.05) is 25.4 Å². The van der Waals surface area contributed by atoms with Crippen molar-refractivity contribution < 1.29 is 22.4 Å². The molecule has 9 heteroatoms. The third-order valence-corrected chi connectivity index (χ3v) is 7.03. The van der Waals surface area contributed by atoms with Crippen LogP contribution in [0.5, 0.6) is 0 Å². The van der Waals surface area contributed by atoms with Gasteiger partial charge in [0.15, 0.2) is 9.84 Å². The molecular formula is C17H22FN3O4S. The molecule has 0 aromatic heterocycles. The molecule has 2 aliphatic rings. The minimum absolute atomic E-state index is 0.0586. The minimum Gasteiger partial charge on any atom is -0.336 e. The summed E-state index contributed by atoms with van der Waals surface area (Å²) in [5.41, 5.74) is 0.821. The second-order valence-electron chi connectivity index (χ2n) is 6.80. The summed E-state index contributed by atoms with van der Waals surface area (Å²) in [5, 5.41) is 2.11. The van der Waals surface area contributed by atoms with E-state index in [2.05, 4.69) is 5.32 Å². The van der Waals surface area contributed by atoms with Crippen LogP contribution in [0.15, 0.2) is 24.3 Å². The fraction of sp³-hybridized carbons (Fsp3) is 0.529. The molecule has 7 nitrogen and oxygen atoms in total. The largest absolute Gasteiger partial charge is 0.336 e. The van der Waals surface area contributed by atoms with Gasteiger partial charge in [0.25, 0.3) is 0 Å². The molecule has 1 aromatic rings. The molecule has 2 aliphatic heterocycles. The molecule has 0 radical (unpaired) electrons. The Labute approximate surface area is 152 Å². The lowest BCUT2D eigenvalue weighted by molar-refractivity contribution is -0.129. The highest BCUT2D eigenvalue weighted by Crippen LogP contribution is 2.17. The number of hydrogen-bond acceptors (Lipinski definition) is 4. The molecule has 0 saturated carbocycles. The van der Waals surface area contributed by atoms with E-state index in [4.69, 9.17) is 0 Å². The Balaban J connectivity index is 1.55. The number of hydrogen-bond donors (Lipinski definition) is 1. The van der Waals surface area contributed by atoms with E-state index < -0.39 is 27.2 Å². The second-order valence-corrected chi connectivity index (χ2v) is 9.34. The van der Waals surface area contributed by atoms with Crippen LogP contribution in [-0.4, -0.2) is 66.8 Å². The van der Waals surface area contributed by atoms with E-state index >= 15 is 0 Å². The Bertz CT molecular complexity index is 797. The van der Waals surface area contributed by atoms with E-state index in [1.54, 1.807) is 24.0 Å². The molecule has 1 unspecified atom stereocenters. The lowest BCUT2D eigenvalue weighted by atomic mass is 10.2. The Morgan fingerprint density at radius 2 is 1.96 bits per heavy atom. The van der Waals surface area contributed by atoms with Crippen molar-refractivity contribution in [2.45, 2.75) is 31.2 Å². The molecule has 1 N–H and O–H groups in total. The van der Waals surface area contributed by atoms with Crippen LogP contribution in [0.3, 0.4) is 0 Å². The maximum Gasteiger partial charge on any atom is 0.318 e. The Morgan fingerprint density at radius 3 is 2.62 bits per heavy atom. The van der Waals surface area contributed by atoms with Crippen LogP contribution in [0.4, 0.5) is 9.18 Å². The van der Waals surface area contributed by atoms with Gasteiger partial charge in [-0.3, -0.25) is 4.79 Å². The van der Waals surface area contributed by atoms with Crippen molar-refractivity contribution >= 4 is 21.8 Å². The van der Waals surface area contributed by atoms with Crippen LogP contribution < -0.4 is 5.32 Å². The third-order valence-electron chi connectivity index (χ3n) is 4.91. The SMILES string of the molecule is C[C@H]1CN(C(=O)NC2CCN(Cc3ccc(F)cc3)C2=O)CCS1(=O)=O. The van der Waals surface area contributed by atoms with Crippen molar-refractivity contribution in [3.63, 3.8) is 0 Å². The lowest BCUT2D eigenvalue weighted by Crippen LogP contribution is -2.54. The summed E-state index contributed by atoms with van der Waals surface area (Å²) in [7, 11) is -3.14. The van der Waals surface area contributed by atoms with Gasteiger partial charge in [0, 0.05) is 26.2 Å². The first kappa shape index (κ1) is 18.6. The zero-order chi connectivity index (χ0) is 18.9. The number of urea groups is 1. The van der Waals surface area contributed by atoms with Crippen molar-refractivity contribution in [3.05, 3.63) is 35.6 Å². The van der Waals surface area contributed by atoms with Crippen LogP contribution in [0.25, 0.3) is 0 Å². The van der Waals surface area contributed by atoms with Gasteiger partial charge in [0.1, 0.15) is 11.9 Å². The monoisotopic (exact) mass is 383 g/mol. The molecule has 0 aliphatic carbocycles. The highest BCUT2D eigenvalue weighted by atomic mass is 32.2. The topological polar surface area (TPSA) is 86.8 Å². The van der Waals surface area contributed by atoms with Crippen molar-refractivity contribution in [3.8, 4) is 0 Å². The summed E-state index contributed by atoms with van der Waals surface area (Å²) in [4.78, 5) is 27.9. The predicted octanol–water partition coefficient (Wildman–Crippen LogP) is 0.755. The van der Waals surface area contributed by atoms with E-state index in [9.17, 15) is 22.4 Å². The average molecular weight is 383 g/mol. The Kier molecular flexibility index (Phi) is 5.17. The van der Waals surface area contributed by atoms with Crippen LogP contribution in [0.1, 0.15) is 18.9 Å². The van der Waals surface area contributed by atoms with E-state index in [0.717, 1.165) is 5.56 Å². The Hall–Kier alpha value is -2.16. The fourth-order valence-corrected chi connectivity index (χ4v) is 4.50. The van der Waals surface area contributed by atoms with Crippen LogP contribution in [0, 0.1) is 5.82 Å². The number of halogens is 1. The number of benzene rings is 1. The summed E-state index contributed by atoms with van der Waals surface area (Å²) in [6.07, 6.45) is 0.494. The number of amides is 3. The highest BCUT2D eigenvalue weighted by molar-refractivity contribution is 7.92. The summed E-state index contributed by atoms with van der Waals surface area (Å²) < 4.78 is 36.4. The zero-order valence-electron chi connectivity index (χ0n) is 14.5. The fourth-order valence-electron chi connectivity index (χ4n) is 3.22. The molecule has 3 amide bonds. The highest BCUT2D eigenvalue weighted by Gasteiger charge is 2.36. The summed E-state index contributed by atoms with van der Waals surface area (Å²) in [5.74, 6) is -0.568. The van der Waals surface area contributed by atoms with Crippen molar-refractivity contribution in [1.82, 2.24) is 15.1 Å². The second kappa shape index (κ2) is 7.22. The van der Waals surface area contributed by atoms with E-state index in [-0.39, 0.29) is 30.6 Å². The van der Waals surface area contributed by atoms with E-state index in [1.165, 1.54) is 17.0 Å². The summed E-state index contributed by atoms with van der Waals surface area (Å²) >= 11 is 0. The number of nitrogens with one attached hydrogen (secondary N) is 1. The van der Waals surface area contributed by atoms with Crippen LogP contribution in [-0.2, 0) is 21.2 Å². The number of sulfone groups is 1. The predicted molar refractivity (Wildman–Crippen MR) is 93.6 cm³/mol. The maximum absolute atomic E-state index is 13.0. The molecule has 1 aromatic carbocycles.